The van der Waals surface area contributed by atoms with Crippen molar-refractivity contribution in [2.75, 3.05) is 11.8 Å². The van der Waals surface area contributed by atoms with Gasteiger partial charge in [-0.2, -0.15) is 0 Å². The van der Waals surface area contributed by atoms with Gasteiger partial charge in [0, 0.05) is 22.1 Å². The van der Waals surface area contributed by atoms with Crippen LogP contribution in [-0.2, 0) is 10.0 Å². The summed E-state index contributed by atoms with van der Waals surface area (Å²) in [4.78, 5) is 11.4. The number of nitrogens with one attached hydrogen (secondary N) is 2. The number of aromatic hydroxyl groups is 1. The lowest BCUT2D eigenvalue weighted by Gasteiger charge is -2.11. The van der Waals surface area contributed by atoms with Gasteiger partial charge in [-0.3, -0.25) is 9.52 Å². The molecular weight excluding hydrogens is 408 g/mol. The number of hydrogen-bond donors (Lipinski definition) is 3. The smallest absolute Gasteiger partial charge is 0.265 e. The Hall–Kier alpha value is -1.77. The molecule has 3 N–H and O–H groups in total. The van der Waals surface area contributed by atoms with E-state index in [0.29, 0.717) is 4.47 Å². The number of halogens is 2. The van der Waals surface area contributed by atoms with E-state index in [0.717, 1.165) is 0 Å². The molecule has 0 radical (unpaired) electrons. The van der Waals surface area contributed by atoms with Gasteiger partial charge in [0.15, 0.2) is 0 Å². The molecule has 0 unspecified atom stereocenters. The number of hydrogen-bond acceptors (Lipinski definition) is 4. The Bertz CT molecular complexity index is 871. The molecule has 2 aromatic carbocycles. The largest absolute Gasteiger partial charge is 0.507 e. The first-order valence-electron chi connectivity index (χ1n) is 6.27. The Kier molecular flexibility index (Phi) is 5.18. The lowest BCUT2D eigenvalue weighted by molar-refractivity contribution is 0.0963. The SMILES string of the molecule is CNC(=O)c1cc(Cl)cc(NS(=O)(=O)c2cc(Br)ccc2O)c1. The summed E-state index contributed by atoms with van der Waals surface area (Å²) >= 11 is 9.06. The fourth-order valence-corrected chi connectivity index (χ4v) is 3.75. The Morgan fingerprint density at radius 3 is 2.57 bits per heavy atom. The van der Waals surface area contributed by atoms with Crippen LogP contribution in [0.3, 0.4) is 0 Å². The average molecular weight is 420 g/mol. The third-order valence-corrected chi connectivity index (χ3v) is 4.97. The van der Waals surface area contributed by atoms with Crippen LogP contribution in [-0.4, -0.2) is 26.5 Å². The zero-order chi connectivity index (χ0) is 17.2. The molecule has 9 heteroatoms. The Morgan fingerprint density at radius 2 is 1.91 bits per heavy atom. The topological polar surface area (TPSA) is 95.5 Å². The van der Waals surface area contributed by atoms with E-state index in [1.54, 1.807) is 0 Å². The normalized spacial score (nSPS) is 11.1. The van der Waals surface area contributed by atoms with Crippen LogP contribution in [0.2, 0.25) is 5.02 Å². The summed E-state index contributed by atoms with van der Waals surface area (Å²) in [6.45, 7) is 0. The highest BCUT2D eigenvalue weighted by Crippen LogP contribution is 2.29. The molecule has 0 aliphatic carbocycles. The van der Waals surface area contributed by atoms with Gasteiger partial charge in [0.2, 0.25) is 0 Å². The van der Waals surface area contributed by atoms with Crippen LogP contribution in [0.25, 0.3) is 0 Å². The summed E-state index contributed by atoms with van der Waals surface area (Å²) in [5.41, 5.74) is 0.312. The molecule has 0 spiro atoms. The maximum absolute atomic E-state index is 12.4. The minimum Gasteiger partial charge on any atom is -0.507 e. The fourth-order valence-electron chi connectivity index (χ4n) is 1.84. The summed E-state index contributed by atoms with van der Waals surface area (Å²) in [6.07, 6.45) is 0. The lowest BCUT2D eigenvalue weighted by Crippen LogP contribution is -2.18. The minimum absolute atomic E-state index is 0.107. The van der Waals surface area contributed by atoms with E-state index in [1.807, 2.05) is 0 Å². The van der Waals surface area contributed by atoms with Crippen molar-refractivity contribution in [2.45, 2.75) is 4.90 Å². The van der Waals surface area contributed by atoms with E-state index in [9.17, 15) is 18.3 Å². The molecule has 0 aliphatic rings. The maximum atomic E-state index is 12.4. The lowest BCUT2D eigenvalue weighted by atomic mass is 10.2. The minimum atomic E-state index is -4.05. The van der Waals surface area contributed by atoms with Crippen molar-refractivity contribution < 1.29 is 18.3 Å². The summed E-state index contributed by atoms with van der Waals surface area (Å²) in [6, 6.07) is 8.15. The van der Waals surface area contributed by atoms with Gasteiger partial charge in [0.1, 0.15) is 10.6 Å². The van der Waals surface area contributed by atoms with Crippen LogP contribution in [0.1, 0.15) is 10.4 Å². The van der Waals surface area contributed by atoms with Crippen LogP contribution in [0.4, 0.5) is 5.69 Å². The summed E-state index contributed by atoms with van der Waals surface area (Å²) in [5.74, 6) is -0.799. The third-order valence-electron chi connectivity index (χ3n) is 2.85. The molecule has 1 amide bonds. The standard InChI is InChI=1S/C14H12BrClN2O4S/c1-17-14(20)8-4-10(16)7-11(5-8)18-23(21,22)13-6-9(15)2-3-12(13)19/h2-7,18-19H,1H3,(H,17,20). The summed E-state index contributed by atoms with van der Waals surface area (Å²) in [7, 11) is -2.60. The van der Waals surface area contributed by atoms with Gasteiger partial charge in [0.05, 0.1) is 5.69 Å². The fraction of sp³-hybridized carbons (Fsp3) is 0.0714. The highest BCUT2D eigenvalue weighted by Gasteiger charge is 2.20. The molecule has 0 atom stereocenters. The molecular formula is C14H12BrClN2O4S. The van der Waals surface area contributed by atoms with Crippen molar-refractivity contribution in [1.29, 1.82) is 0 Å². The van der Waals surface area contributed by atoms with Crippen LogP contribution >= 0.6 is 27.5 Å². The zero-order valence-corrected chi connectivity index (χ0v) is 15.0. The van der Waals surface area contributed by atoms with Gasteiger partial charge < -0.3 is 10.4 Å². The molecule has 2 rings (SSSR count). The van der Waals surface area contributed by atoms with Crippen molar-refractivity contribution in [3.8, 4) is 5.75 Å². The molecule has 0 saturated heterocycles. The average Bonchev–Trinajstić information content (AvgIpc) is 2.47. The van der Waals surface area contributed by atoms with Gasteiger partial charge in [-0.15, -0.1) is 0 Å². The molecule has 0 saturated carbocycles. The molecule has 0 heterocycles. The predicted molar refractivity (Wildman–Crippen MR) is 91.5 cm³/mol. The van der Waals surface area contributed by atoms with E-state index in [2.05, 4.69) is 26.0 Å². The predicted octanol–water partition coefficient (Wildman–Crippen LogP) is 2.97. The maximum Gasteiger partial charge on any atom is 0.265 e. The number of rotatable bonds is 4. The third kappa shape index (κ3) is 4.15. The molecule has 0 aliphatic heterocycles. The number of carbonyl (C=O) groups excluding carboxylic acids is 1. The number of sulfonamides is 1. The van der Waals surface area contributed by atoms with E-state index in [-0.39, 0.29) is 21.2 Å². The Labute approximate surface area is 146 Å². The first kappa shape index (κ1) is 17.6. The first-order valence-corrected chi connectivity index (χ1v) is 8.92. The number of phenolic OH excluding ortho intramolecular Hbond substituents is 1. The van der Waals surface area contributed by atoms with Crippen molar-refractivity contribution in [3.05, 3.63) is 51.5 Å². The Morgan fingerprint density at radius 1 is 1.22 bits per heavy atom. The van der Waals surface area contributed by atoms with Gasteiger partial charge in [-0.25, -0.2) is 8.42 Å². The molecule has 2 aromatic rings. The van der Waals surface area contributed by atoms with Crippen LogP contribution in [0.15, 0.2) is 45.8 Å². The molecule has 6 nitrogen and oxygen atoms in total. The van der Waals surface area contributed by atoms with Gasteiger partial charge in [-0.05, 0) is 36.4 Å². The zero-order valence-electron chi connectivity index (χ0n) is 11.8. The molecule has 0 aromatic heterocycles. The second-order valence-electron chi connectivity index (χ2n) is 4.53. The van der Waals surface area contributed by atoms with Crippen molar-refractivity contribution in [3.63, 3.8) is 0 Å². The number of anilines is 1. The van der Waals surface area contributed by atoms with E-state index in [1.165, 1.54) is 43.4 Å². The van der Waals surface area contributed by atoms with Crippen molar-refractivity contribution in [2.24, 2.45) is 0 Å². The van der Waals surface area contributed by atoms with E-state index >= 15 is 0 Å². The summed E-state index contributed by atoms with van der Waals surface area (Å²) in [5, 5.41) is 12.4. The van der Waals surface area contributed by atoms with E-state index in [4.69, 9.17) is 11.6 Å². The van der Waals surface area contributed by atoms with E-state index < -0.39 is 21.7 Å². The second-order valence-corrected chi connectivity index (χ2v) is 7.53. The van der Waals surface area contributed by atoms with Gasteiger partial charge in [0.25, 0.3) is 15.9 Å². The molecule has 0 bridgehead atoms. The van der Waals surface area contributed by atoms with Crippen LogP contribution < -0.4 is 10.0 Å². The van der Waals surface area contributed by atoms with Crippen LogP contribution in [0.5, 0.6) is 5.75 Å². The number of phenols is 1. The number of carbonyl (C=O) groups is 1. The summed E-state index contributed by atoms with van der Waals surface area (Å²) < 4.78 is 27.6. The number of amides is 1. The molecule has 23 heavy (non-hydrogen) atoms. The van der Waals surface area contributed by atoms with Crippen molar-refractivity contribution >= 4 is 49.1 Å². The van der Waals surface area contributed by atoms with Crippen LogP contribution in [0, 0.1) is 0 Å². The monoisotopic (exact) mass is 418 g/mol. The molecule has 0 fully saturated rings. The Balaban J connectivity index is 2.43. The molecule has 122 valence electrons. The van der Waals surface area contributed by atoms with Crippen molar-refractivity contribution in [1.82, 2.24) is 5.32 Å². The first-order chi connectivity index (χ1) is 10.7. The highest BCUT2D eigenvalue weighted by atomic mass is 79.9. The van der Waals surface area contributed by atoms with Gasteiger partial charge >= 0.3 is 0 Å². The number of benzene rings is 2. The highest BCUT2D eigenvalue weighted by molar-refractivity contribution is 9.10. The van der Waals surface area contributed by atoms with Gasteiger partial charge in [-0.1, -0.05) is 27.5 Å². The quantitative estimate of drug-likeness (QED) is 0.710. The second kappa shape index (κ2) is 6.77.